The van der Waals surface area contributed by atoms with Crippen molar-refractivity contribution in [1.82, 2.24) is 4.98 Å². The predicted octanol–water partition coefficient (Wildman–Crippen LogP) is 3.96. The van der Waals surface area contributed by atoms with Gasteiger partial charge in [-0.1, -0.05) is 19.4 Å². The largest absolute Gasteiger partial charge is 0.385 e. The molecule has 2 aromatic rings. The fraction of sp³-hybridized carbons (Fsp3) is 0.500. The zero-order valence-corrected chi connectivity index (χ0v) is 10.9. The third kappa shape index (κ3) is 2.05. The summed E-state index contributed by atoms with van der Waals surface area (Å²) in [6.07, 6.45) is 7.24. The first-order valence-electron chi connectivity index (χ1n) is 6.97. The minimum absolute atomic E-state index is 0.615. The summed E-state index contributed by atoms with van der Waals surface area (Å²) in [6.45, 7) is 2.29. The van der Waals surface area contributed by atoms with Crippen LogP contribution in [0.25, 0.3) is 10.9 Å². The number of aliphatic hydroxyl groups is 1. The van der Waals surface area contributed by atoms with Crippen LogP contribution in [0.2, 0.25) is 0 Å². The van der Waals surface area contributed by atoms with Crippen LogP contribution >= 0.6 is 0 Å². The normalized spacial score (nSPS) is 29.3. The monoisotopic (exact) mass is 243 g/mol. The Kier molecular flexibility index (Phi) is 2.90. The molecule has 1 aromatic carbocycles. The molecule has 2 nitrogen and oxygen atoms in total. The average Bonchev–Trinajstić information content (AvgIpc) is 2.76. The highest BCUT2D eigenvalue weighted by Crippen LogP contribution is 2.38. The van der Waals surface area contributed by atoms with Gasteiger partial charge in [-0.15, -0.1) is 0 Å². The van der Waals surface area contributed by atoms with E-state index in [0.29, 0.717) is 0 Å². The van der Waals surface area contributed by atoms with Gasteiger partial charge < -0.3 is 10.1 Å². The molecule has 0 amide bonds. The van der Waals surface area contributed by atoms with Gasteiger partial charge in [0.25, 0.3) is 0 Å². The molecular formula is C16H21NO. The number of fused-ring (bicyclic) bond motifs is 1. The smallest absolute Gasteiger partial charge is 0.0896 e. The van der Waals surface area contributed by atoms with Gasteiger partial charge in [0.15, 0.2) is 0 Å². The van der Waals surface area contributed by atoms with Crippen LogP contribution < -0.4 is 0 Å². The molecule has 1 aromatic heterocycles. The van der Waals surface area contributed by atoms with Crippen molar-refractivity contribution in [2.24, 2.45) is 5.92 Å². The summed E-state index contributed by atoms with van der Waals surface area (Å²) in [5.74, 6) is 0.745. The van der Waals surface area contributed by atoms with Gasteiger partial charge >= 0.3 is 0 Å². The molecule has 0 aliphatic heterocycles. The zero-order chi connectivity index (χ0) is 12.6. The van der Waals surface area contributed by atoms with E-state index in [1.54, 1.807) is 0 Å². The minimum Gasteiger partial charge on any atom is -0.385 e. The average molecular weight is 243 g/mol. The van der Waals surface area contributed by atoms with Gasteiger partial charge in [0.1, 0.15) is 0 Å². The molecule has 1 saturated carbocycles. The maximum atomic E-state index is 10.9. The van der Waals surface area contributed by atoms with E-state index in [9.17, 15) is 5.11 Å². The van der Waals surface area contributed by atoms with Crippen molar-refractivity contribution in [2.45, 2.75) is 44.6 Å². The van der Waals surface area contributed by atoms with Crippen LogP contribution in [-0.2, 0) is 5.60 Å². The summed E-state index contributed by atoms with van der Waals surface area (Å²) >= 11 is 0. The Bertz CT molecular complexity index is 545. The molecular weight excluding hydrogens is 222 g/mol. The Morgan fingerprint density at radius 1 is 1.22 bits per heavy atom. The lowest BCUT2D eigenvalue weighted by Crippen LogP contribution is -2.24. The van der Waals surface area contributed by atoms with Crippen molar-refractivity contribution >= 4 is 10.9 Å². The SMILES string of the molecule is CC1CCCC(O)(c2ccc3[nH]ccc3c2)CC1. The van der Waals surface area contributed by atoms with E-state index in [0.717, 1.165) is 42.7 Å². The van der Waals surface area contributed by atoms with Crippen LogP contribution in [0.3, 0.4) is 0 Å². The van der Waals surface area contributed by atoms with Gasteiger partial charge in [-0.25, -0.2) is 0 Å². The van der Waals surface area contributed by atoms with E-state index in [4.69, 9.17) is 0 Å². The molecule has 1 heterocycles. The van der Waals surface area contributed by atoms with Gasteiger partial charge in [-0.3, -0.25) is 0 Å². The summed E-state index contributed by atoms with van der Waals surface area (Å²) in [5.41, 5.74) is 1.61. The van der Waals surface area contributed by atoms with Crippen molar-refractivity contribution in [3.05, 3.63) is 36.0 Å². The Morgan fingerprint density at radius 2 is 2.11 bits per heavy atom. The lowest BCUT2D eigenvalue weighted by Gasteiger charge is -2.27. The number of benzene rings is 1. The highest BCUT2D eigenvalue weighted by molar-refractivity contribution is 5.80. The van der Waals surface area contributed by atoms with E-state index in [2.05, 4.69) is 36.2 Å². The fourth-order valence-corrected chi connectivity index (χ4v) is 3.13. The molecule has 18 heavy (non-hydrogen) atoms. The zero-order valence-electron chi connectivity index (χ0n) is 10.9. The lowest BCUT2D eigenvalue weighted by molar-refractivity contribution is 0.0199. The molecule has 0 radical (unpaired) electrons. The highest BCUT2D eigenvalue weighted by Gasteiger charge is 2.31. The van der Waals surface area contributed by atoms with Crippen molar-refractivity contribution in [3.63, 3.8) is 0 Å². The van der Waals surface area contributed by atoms with Crippen molar-refractivity contribution in [1.29, 1.82) is 0 Å². The Balaban J connectivity index is 1.95. The second-order valence-electron chi connectivity index (χ2n) is 5.85. The first kappa shape index (κ1) is 11.8. The summed E-state index contributed by atoms with van der Waals surface area (Å²) in [7, 11) is 0. The van der Waals surface area contributed by atoms with E-state index < -0.39 is 5.60 Å². The molecule has 1 aliphatic carbocycles. The summed E-state index contributed by atoms with van der Waals surface area (Å²) in [5, 5.41) is 12.1. The quantitative estimate of drug-likeness (QED) is 0.731. The Morgan fingerprint density at radius 3 is 3.00 bits per heavy atom. The number of rotatable bonds is 1. The third-order valence-electron chi connectivity index (χ3n) is 4.43. The van der Waals surface area contributed by atoms with Crippen LogP contribution in [-0.4, -0.2) is 10.1 Å². The molecule has 3 rings (SSSR count). The summed E-state index contributed by atoms with van der Waals surface area (Å²) < 4.78 is 0. The van der Waals surface area contributed by atoms with Crippen molar-refractivity contribution < 1.29 is 5.11 Å². The number of aromatic amines is 1. The molecule has 1 fully saturated rings. The van der Waals surface area contributed by atoms with Gasteiger partial charge in [0.2, 0.25) is 0 Å². The second kappa shape index (κ2) is 4.43. The van der Waals surface area contributed by atoms with E-state index >= 15 is 0 Å². The van der Waals surface area contributed by atoms with E-state index in [1.807, 2.05) is 6.20 Å². The number of hydrogen-bond donors (Lipinski definition) is 2. The number of hydrogen-bond acceptors (Lipinski definition) is 1. The van der Waals surface area contributed by atoms with Crippen LogP contribution in [0.1, 0.15) is 44.6 Å². The Hall–Kier alpha value is -1.28. The maximum absolute atomic E-state index is 10.9. The minimum atomic E-state index is -0.615. The van der Waals surface area contributed by atoms with Crippen LogP contribution in [0.4, 0.5) is 0 Å². The first-order valence-corrected chi connectivity index (χ1v) is 6.97. The maximum Gasteiger partial charge on any atom is 0.0896 e. The standard InChI is InChI=1S/C16H21NO/c1-12-3-2-8-16(18,9-6-12)14-4-5-15-13(11-14)7-10-17-15/h4-5,7,10-12,17-18H,2-3,6,8-9H2,1H3. The third-order valence-corrected chi connectivity index (χ3v) is 4.43. The number of aromatic nitrogens is 1. The molecule has 2 unspecified atom stereocenters. The molecule has 0 bridgehead atoms. The van der Waals surface area contributed by atoms with Crippen molar-refractivity contribution in [2.75, 3.05) is 0 Å². The van der Waals surface area contributed by atoms with Gasteiger partial charge in [-0.05, 0) is 60.7 Å². The van der Waals surface area contributed by atoms with Gasteiger partial charge in [0.05, 0.1) is 5.60 Å². The Labute approximate surface area is 108 Å². The van der Waals surface area contributed by atoms with Gasteiger partial charge in [-0.2, -0.15) is 0 Å². The fourth-order valence-electron chi connectivity index (χ4n) is 3.13. The first-order chi connectivity index (χ1) is 8.67. The molecule has 2 heteroatoms. The van der Waals surface area contributed by atoms with Crippen LogP contribution in [0.15, 0.2) is 30.5 Å². The molecule has 0 spiro atoms. The van der Waals surface area contributed by atoms with E-state index in [1.165, 1.54) is 11.8 Å². The van der Waals surface area contributed by atoms with E-state index in [-0.39, 0.29) is 0 Å². The molecule has 1 aliphatic rings. The molecule has 2 atom stereocenters. The lowest BCUT2D eigenvalue weighted by atomic mass is 9.86. The number of nitrogens with one attached hydrogen (secondary N) is 1. The summed E-state index contributed by atoms with van der Waals surface area (Å²) in [6, 6.07) is 8.37. The second-order valence-corrected chi connectivity index (χ2v) is 5.85. The van der Waals surface area contributed by atoms with Crippen LogP contribution in [0, 0.1) is 5.92 Å². The number of H-pyrrole nitrogens is 1. The van der Waals surface area contributed by atoms with Crippen LogP contribution in [0.5, 0.6) is 0 Å². The molecule has 96 valence electrons. The highest BCUT2D eigenvalue weighted by atomic mass is 16.3. The molecule has 0 saturated heterocycles. The molecule has 2 N–H and O–H groups in total. The topological polar surface area (TPSA) is 36.0 Å². The van der Waals surface area contributed by atoms with Gasteiger partial charge in [0, 0.05) is 11.7 Å². The van der Waals surface area contributed by atoms with Crippen molar-refractivity contribution in [3.8, 4) is 0 Å². The summed E-state index contributed by atoms with van der Waals surface area (Å²) in [4.78, 5) is 3.20. The predicted molar refractivity (Wildman–Crippen MR) is 74.4 cm³/mol.